The number of amides is 4. The predicted molar refractivity (Wildman–Crippen MR) is 270 cm³/mol. The van der Waals surface area contributed by atoms with Crippen LogP contribution in [0.4, 0.5) is 14.4 Å². The Bertz CT molecular complexity index is 2050. The number of phenols is 1. The van der Waals surface area contributed by atoms with Gasteiger partial charge in [0.2, 0.25) is 11.8 Å². The van der Waals surface area contributed by atoms with Gasteiger partial charge in [-0.1, -0.05) is 87.6 Å². The molecule has 4 rings (SSSR count). The van der Waals surface area contributed by atoms with E-state index >= 15 is 0 Å². The minimum atomic E-state index is -1.03. The summed E-state index contributed by atoms with van der Waals surface area (Å²) in [4.78, 5) is 88.3. The molecule has 0 heterocycles. The van der Waals surface area contributed by atoms with Gasteiger partial charge in [0, 0.05) is 12.8 Å². The molecular weight excluding hydrogens is 929 g/mol. The topological polar surface area (TPSA) is 243 Å². The van der Waals surface area contributed by atoms with Gasteiger partial charge >= 0.3 is 30.3 Å². The molecule has 5 N–H and O–H groups in total. The molecule has 4 amide bonds. The summed E-state index contributed by atoms with van der Waals surface area (Å²) in [6.45, 7) is 11.3. The summed E-state index contributed by atoms with van der Waals surface area (Å²) in [5.41, 5.74) is 1.28. The van der Waals surface area contributed by atoms with Crippen molar-refractivity contribution in [2.24, 2.45) is 11.8 Å². The number of phenolic OH excluding ortho intramolecular Hbond substituents is 1. The van der Waals surface area contributed by atoms with Crippen LogP contribution in [0.5, 0.6) is 11.5 Å². The van der Waals surface area contributed by atoms with Gasteiger partial charge in [0.25, 0.3) is 0 Å². The van der Waals surface area contributed by atoms with E-state index in [9.17, 15) is 38.7 Å². The van der Waals surface area contributed by atoms with E-state index in [4.69, 9.17) is 28.4 Å². The summed E-state index contributed by atoms with van der Waals surface area (Å²) >= 11 is 0. The van der Waals surface area contributed by atoms with Crippen molar-refractivity contribution in [3.05, 3.63) is 97.6 Å². The highest BCUT2D eigenvalue weighted by atomic mass is 16.7. The molecule has 0 aromatic heterocycles. The Morgan fingerprint density at radius 3 is 1.49 bits per heavy atom. The normalized spacial score (nSPS) is 15.1. The number of aromatic hydroxyl groups is 1. The number of benzene rings is 2. The molecule has 0 aliphatic heterocycles. The minimum absolute atomic E-state index is 0.00796. The predicted octanol–water partition coefficient (Wildman–Crippen LogP) is 8.24. The molecule has 18 nitrogen and oxygen atoms in total. The standard InChI is InChI=1S/C29H40N2O8.C25H36N2O6/c1-4-6-7-11-18-37-28(34)31-25(22-14-9-8-10-15-22)26(32)30-24(27(33)36-3)20-21-13-12-16-23(19-21)39-29(35)38-17-5-2;1-3-4-5-9-15-33-25(31)27-22(19-12-7-6-8-13-19)23(29)26-21(24(30)32-2)17-18-11-10-14-20(28)16-18/h4-5,12-13,16,19,22,24-25H,1-2,6-11,14-15,17-18,20H2,3H3,(H,30,32)(H,31,34);3,10-11,14,16,19,21-22,28H,1,4-9,12-13,15,17H2,2H3,(H,26,29)(H,27,31). The molecule has 2 fully saturated rings. The highest BCUT2D eigenvalue weighted by molar-refractivity contribution is 5.91. The third kappa shape index (κ3) is 22.9. The fourth-order valence-corrected chi connectivity index (χ4v) is 8.52. The lowest BCUT2D eigenvalue weighted by Crippen LogP contribution is -2.55. The van der Waals surface area contributed by atoms with Crippen LogP contribution in [0, 0.1) is 11.8 Å². The first-order valence-corrected chi connectivity index (χ1v) is 25.0. The van der Waals surface area contributed by atoms with Crippen LogP contribution in [0.2, 0.25) is 0 Å². The van der Waals surface area contributed by atoms with Gasteiger partial charge in [0.1, 0.15) is 42.3 Å². The number of carbonyl (C=O) groups excluding carboxylic acids is 7. The molecule has 0 spiro atoms. The number of esters is 2. The van der Waals surface area contributed by atoms with Crippen LogP contribution >= 0.6 is 0 Å². The molecule has 4 unspecified atom stereocenters. The third-order valence-corrected chi connectivity index (χ3v) is 12.2. The van der Waals surface area contributed by atoms with Crippen LogP contribution in [-0.2, 0) is 55.7 Å². The maximum absolute atomic E-state index is 13.4. The van der Waals surface area contributed by atoms with Gasteiger partial charge in [0.05, 0.1) is 27.4 Å². The van der Waals surface area contributed by atoms with Crippen LogP contribution in [0.25, 0.3) is 0 Å². The summed E-state index contributed by atoms with van der Waals surface area (Å²) in [6, 6.07) is 9.35. The smallest absolute Gasteiger partial charge is 0.508 e. The van der Waals surface area contributed by atoms with Gasteiger partial charge in [-0.05, 0) is 111 Å². The highest BCUT2D eigenvalue weighted by Gasteiger charge is 2.36. The fourth-order valence-electron chi connectivity index (χ4n) is 8.52. The Labute approximate surface area is 424 Å². The van der Waals surface area contributed by atoms with Crippen LogP contribution in [-0.4, -0.2) is 105 Å². The molecule has 2 aromatic rings. The molecule has 4 atom stereocenters. The Kier molecular flexibility index (Phi) is 28.5. The SMILES string of the molecule is C=CCCCCOC(=O)NC(C(=O)NC(Cc1cccc(O)c1)C(=O)OC)C1CCCCC1.C=CCCCCOC(=O)NC(C(=O)NC(Cc1cccc(OC(=O)OCC=C)c1)C(=O)OC)C1CCCCC1. The average molecular weight is 1010 g/mol. The molecule has 72 heavy (non-hydrogen) atoms. The van der Waals surface area contributed by atoms with Gasteiger partial charge in [-0.25, -0.2) is 24.0 Å². The number of unbranched alkanes of at least 4 members (excludes halogenated alkanes) is 4. The zero-order valence-corrected chi connectivity index (χ0v) is 42.0. The monoisotopic (exact) mass is 1000 g/mol. The molecule has 0 bridgehead atoms. The lowest BCUT2D eigenvalue weighted by atomic mass is 9.83. The minimum Gasteiger partial charge on any atom is -0.508 e. The molecule has 2 saturated carbocycles. The summed E-state index contributed by atoms with van der Waals surface area (Å²) in [5, 5.41) is 20.7. The van der Waals surface area contributed by atoms with Crippen molar-refractivity contribution in [3.63, 3.8) is 0 Å². The largest absolute Gasteiger partial charge is 0.514 e. The van der Waals surface area contributed by atoms with Crippen molar-refractivity contribution in [3.8, 4) is 11.5 Å². The van der Waals surface area contributed by atoms with Crippen molar-refractivity contribution in [2.45, 2.75) is 140 Å². The van der Waals surface area contributed by atoms with Gasteiger partial charge in [0.15, 0.2) is 0 Å². The molecule has 0 radical (unpaired) electrons. The Morgan fingerprint density at radius 2 is 1.06 bits per heavy atom. The van der Waals surface area contributed by atoms with E-state index in [1.54, 1.807) is 36.4 Å². The van der Waals surface area contributed by atoms with Crippen molar-refractivity contribution in [1.82, 2.24) is 21.3 Å². The number of hydrogen-bond acceptors (Lipinski definition) is 14. The number of alkyl carbamates (subject to hydrolysis) is 2. The number of allylic oxidation sites excluding steroid dienone is 2. The summed E-state index contributed by atoms with van der Waals surface area (Å²) in [7, 11) is 2.49. The second-order valence-electron chi connectivity index (χ2n) is 17.7. The summed E-state index contributed by atoms with van der Waals surface area (Å²) in [5.74, 6) is -2.00. The zero-order chi connectivity index (χ0) is 52.5. The molecule has 18 heteroatoms. The number of nitrogens with one attached hydrogen (secondary N) is 4. The molecule has 2 aliphatic rings. The van der Waals surface area contributed by atoms with Crippen LogP contribution in [0.3, 0.4) is 0 Å². The van der Waals surface area contributed by atoms with Gasteiger partial charge in [-0.3, -0.25) is 9.59 Å². The number of methoxy groups -OCH3 is 2. The molecule has 2 aromatic carbocycles. The van der Waals surface area contributed by atoms with Gasteiger partial charge < -0.3 is 54.8 Å². The Hall–Kier alpha value is -6.85. The second-order valence-corrected chi connectivity index (χ2v) is 17.7. The van der Waals surface area contributed by atoms with Crippen molar-refractivity contribution >= 4 is 42.1 Å². The average Bonchev–Trinajstić information content (AvgIpc) is 3.38. The van der Waals surface area contributed by atoms with Crippen LogP contribution in [0.1, 0.15) is 114 Å². The maximum Gasteiger partial charge on any atom is 0.514 e. The first-order valence-electron chi connectivity index (χ1n) is 25.0. The number of carbonyl (C=O) groups is 7. The van der Waals surface area contributed by atoms with E-state index in [1.165, 1.54) is 32.4 Å². The maximum atomic E-state index is 13.4. The number of rotatable bonds is 27. The molecule has 0 saturated heterocycles. The zero-order valence-electron chi connectivity index (χ0n) is 42.0. The number of hydrogen-bond donors (Lipinski definition) is 5. The van der Waals surface area contributed by atoms with E-state index in [0.29, 0.717) is 24.0 Å². The highest BCUT2D eigenvalue weighted by Crippen LogP contribution is 2.28. The first-order chi connectivity index (χ1) is 34.8. The summed E-state index contributed by atoms with van der Waals surface area (Å²) < 4.78 is 30.3. The fraction of sp³-hybridized carbons (Fsp3) is 0.537. The van der Waals surface area contributed by atoms with E-state index < -0.39 is 66.3 Å². The molecular formula is C54H76N4O14. The lowest BCUT2D eigenvalue weighted by Gasteiger charge is -2.30. The Morgan fingerprint density at radius 1 is 0.597 bits per heavy atom. The second kappa shape index (κ2) is 34.5. The van der Waals surface area contributed by atoms with Gasteiger partial charge in [-0.15, -0.1) is 13.2 Å². The molecule has 396 valence electrons. The first kappa shape index (κ1) is 59.5. The van der Waals surface area contributed by atoms with E-state index in [0.717, 1.165) is 89.9 Å². The van der Waals surface area contributed by atoms with E-state index in [2.05, 4.69) is 41.0 Å². The van der Waals surface area contributed by atoms with Crippen molar-refractivity contribution in [1.29, 1.82) is 0 Å². The third-order valence-electron chi connectivity index (χ3n) is 12.2. The molecule has 2 aliphatic carbocycles. The van der Waals surface area contributed by atoms with Crippen LogP contribution in [0.15, 0.2) is 86.5 Å². The van der Waals surface area contributed by atoms with E-state index in [1.807, 2.05) is 12.2 Å². The summed E-state index contributed by atoms with van der Waals surface area (Å²) in [6.07, 6.45) is 17.1. The Balaban J connectivity index is 0.000000386. The lowest BCUT2D eigenvalue weighted by molar-refractivity contribution is -0.145. The van der Waals surface area contributed by atoms with Crippen molar-refractivity contribution < 1.29 is 67.1 Å². The number of ether oxygens (including phenoxy) is 6. The van der Waals surface area contributed by atoms with Gasteiger partial charge in [-0.2, -0.15) is 0 Å². The van der Waals surface area contributed by atoms with E-state index in [-0.39, 0.29) is 56.0 Å². The van der Waals surface area contributed by atoms with Crippen LogP contribution < -0.4 is 26.0 Å². The quantitative estimate of drug-likeness (QED) is 0.0186. The van der Waals surface area contributed by atoms with Crippen molar-refractivity contribution in [2.75, 3.05) is 34.0 Å².